The first-order chi connectivity index (χ1) is 6.35. The Labute approximate surface area is 97.6 Å². The molecule has 0 aromatic rings. The van der Waals surface area contributed by atoms with E-state index in [-0.39, 0.29) is 0 Å². The van der Waals surface area contributed by atoms with Crippen LogP contribution >= 0.6 is 23.2 Å². The van der Waals surface area contributed by atoms with Crippen LogP contribution in [0.15, 0.2) is 0 Å². The molecule has 0 saturated heterocycles. The molecule has 1 amide bonds. The van der Waals surface area contributed by atoms with E-state index in [4.69, 9.17) is 28.9 Å². The van der Waals surface area contributed by atoms with E-state index in [1.807, 2.05) is 0 Å². The van der Waals surface area contributed by atoms with E-state index in [2.05, 4.69) is 0 Å². The van der Waals surface area contributed by atoms with Gasteiger partial charge in [-0.1, -0.05) is 11.6 Å². The summed E-state index contributed by atoms with van der Waals surface area (Å²) in [6, 6.07) is 0. The second-order valence-corrected chi connectivity index (χ2v) is 8.76. The maximum absolute atomic E-state index is 11.2. The summed E-state index contributed by atoms with van der Waals surface area (Å²) >= 11 is 10.8. The van der Waals surface area contributed by atoms with Gasteiger partial charge in [0.1, 0.15) is 0 Å². The third-order valence-electron chi connectivity index (χ3n) is 1.54. The third-order valence-corrected chi connectivity index (χ3v) is 7.23. The quantitative estimate of drug-likeness (QED) is 0.673. The van der Waals surface area contributed by atoms with Gasteiger partial charge in [0.15, 0.2) is 24.4 Å². The van der Waals surface area contributed by atoms with Crippen molar-refractivity contribution in [1.82, 2.24) is 0 Å². The highest BCUT2D eigenvalue weighted by Gasteiger charge is 2.55. The molecule has 0 saturated carbocycles. The van der Waals surface area contributed by atoms with Crippen molar-refractivity contribution < 1.29 is 21.6 Å². The number of carbonyl (C=O) groups excluding carboxylic acids is 1. The van der Waals surface area contributed by atoms with Gasteiger partial charge < -0.3 is 5.73 Å². The van der Waals surface area contributed by atoms with Crippen molar-refractivity contribution in [3.05, 3.63) is 0 Å². The van der Waals surface area contributed by atoms with Crippen LogP contribution in [0.5, 0.6) is 0 Å². The summed E-state index contributed by atoms with van der Waals surface area (Å²) in [5.41, 5.74) is 4.76. The SMILES string of the molecule is CS(=O)(=O)C(Cl)C(Cl)(C(N)=O)S(C)(=O)=O. The van der Waals surface area contributed by atoms with Crippen molar-refractivity contribution >= 4 is 48.8 Å². The first kappa shape index (κ1) is 14.9. The maximum atomic E-state index is 11.2. The van der Waals surface area contributed by atoms with Gasteiger partial charge in [-0.15, -0.1) is 11.6 Å². The van der Waals surface area contributed by atoms with Crippen LogP contribution in [0.1, 0.15) is 0 Å². The predicted molar refractivity (Wildman–Crippen MR) is 57.1 cm³/mol. The Morgan fingerprint density at radius 1 is 1.27 bits per heavy atom. The molecule has 0 aromatic heterocycles. The van der Waals surface area contributed by atoms with Crippen molar-refractivity contribution in [2.75, 3.05) is 12.5 Å². The molecule has 10 heteroatoms. The predicted octanol–water partition coefficient (Wildman–Crippen LogP) is -0.939. The standard InChI is InChI=1S/C5H9Cl2NO5S2/c1-14(10,11)3(6)5(7,4(8)9)15(2,12)13/h3H,1-2H3,(H2,8,9). The molecule has 2 N–H and O–H groups in total. The lowest BCUT2D eigenvalue weighted by Crippen LogP contribution is -2.54. The molecule has 2 unspecified atom stereocenters. The lowest BCUT2D eigenvalue weighted by Gasteiger charge is -2.24. The topological polar surface area (TPSA) is 111 Å². The average molecular weight is 298 g/mol. The van der Waals surface area contributed by atoms with Crippen LogP contribution in [0, 0.1) is 0 Å². The fourth-order valence-corrected chi connectivity index (χ4v) is 4.23. The fraction of sp³-hybridized carbons (Fsp3) is 0.800. The van der Waals surface area contributed by atoms with E-state index < -0.39 is 34.5 Å². The fourth-order valence-electron chi connectivity index (χ4n) is 0.738. The number of alkyl halides is 2. The number of hydrogen-bond donors (Lipinski definition) is 1. The largest absolute Gasteiger partial charge is 0.367 e. The zero-order chi connectivity index (χ0) is 12.7. The Morgan fingerprint density at radius 3 is 1.67 bits per heavy atom. The van der Waals surface area contributed by atoms with Crippen LogP contribution in [-0.2, 0) is 24.5 Å². The third kappa shape index (κ3) is 2.74. The summed E-state index contributed by atoms with van der Waals surface area (Å²) in [5.74, 6) is -1.53. The number of carbonyl (C=O) groups is 1. The second kappa shape index (κ2) is 4.08. The van der Waals surface area contributed by atoms with E-state index >= 15 is 0 Å². The molecule has 0 aliphatic carbocycles. The first-order valence-electron chi connectivity index (χ1n) is 3.36. The molecule has 2 atom stereocenters. The molecule has 0 heterocycles. The van der Waals surface area contributed by atoms with E-state index in [0.29, 0.717) is 12.5 Å². The Balaban J connectivity index is 5.88. The van der Waals surface area contributed by atoms with Crippen LogP contribution in [0.3, 0.4) is 0 Å². The Morgan fingerprint density at radius 2 is 1.60 bits per heavy atom. The highest BCUT2D eigenvalue weighted by molar-refractivity contribution is 7.98. The van der Waals surface area contributed by atoms with Crippen molar-refractivity contribution in [3.63, 3.8) is 0 Å². The number of sulfone groups is 2. The molecule has 15 heavy (non-hydrogen) atoms. The van der Waals surface area contributed by atoms with Crippen LogP contribution < -0.4 is 5.73 Å². The summed E-state index contributed by atoms with van der Waals surface area (Å²) < 4.78 is 39.5. The number of rotatable bonds is 4. The molecule has 0 rings (SSSR count). The van der Waals surface area contributed by atoms with E-state index in [1.165, 1.54) is 0 Å². The zero-order valence-corrected chi connectivity index (χ0v) is 10.9. The molecule has 0 spiro atoms. The average Bonchev–Trinajstić information content (AvgIpc) is 1.97. The number of halogens is 2. The molecule has 0 aliphatic heterocycles. The van der Waals surface area contributed by atoms with Gasteiger partial charge in [0, 0.05) is 12.5 Å². The van der Waals surface area contributed by atoms with Crippen molar-refractivity contribution in [1.29, 1.82) is 0 Å². The van der Waals surface area contributed by atoms with Crippen LogP contribution in [0.2, 0.25) is 0 Å². The van der Waals surface area contributed by atoms with Gasteiger partial charge in [0.05, 0.1) is 0 Å². The summed E-state index contributed by atoms with van der Waals surface area (Å²) in [5, 5.41) is 0. The van der Waals surface area contributed by atoms with Crippen LogP contribution in [-0.4, -0.2) is 44.2 Å². The Hall–Kier alpha value is -0.0500. The molecule has 0 fully saturated rings. The van der Waals surface area contributed by atoms with Crippen molar-refractivity contribution in [3.8, 4) is 0 Å². The minimum Gasteiger partial charge on any atom is -0.367 e. The molecule has 90 valence electrons. The first-order valence-corrected chi connectivity index (χ1v) is 8.02. The minimum atomic E-state index is -4.27. The van der Waals surface area contributed by atoms with Gasteiger partial charge >= 0.3 is 0 Å². The van der Waals surface area contributed by atoms with Crippen LogP contribution in [0.25, 0.3) is 0 Å². The van der Waals surface area contributed by atoms with Gasteiger partial charge in [0.2, 0.25) is 0 Å². The summed E-state index contributed by atoms with van der Waals surface area (Å²) in [6.45, 7) is 0. The normalized spacial score (nSPS) is 19.2. The maximum Gasteiger partial charge on any atom is 0.256 e. The lowest BCUT2D eigenvalue weighted by molar-refractivity contribution is -0.118. The van der Waals surface area contributed by atoms with E-state index in [0.717, 1.165) is 0 Å². The van der Waals surface area contributed by atoms with Gasteiger partial charge in [-0.25, -0.2) is 16.8 Å². The zero-order valence-electron chi connectivity index (χ0n) is 7.77. The lowest BCUT2D eigenvalue weighted by atomic mass is 10.4. The Bertz CT molecular complexity index is 470. The monoisotopic (exact) mass is 297 g/mol. The number of amides is 1. The van der Waals surface area contributed by atoms with E-state index in [9.17, 15) is 21.6 Å². The highest BCUT2D eigenvalue weighted by Crippen LogP contribution is 2.33. The van der Waals surface area contributed by atoms with Crippen LogP contribution in [0.4, 0.5) is 0 Å². The summed E-state index contributed by atoms with van der Waals surface area (Å²) in [6.07, 6.45) is 1.22. The van der Waals surface area contributed by atoms with Crippen molar-refractivity contribution in [2.24, 2.45) is 5.73 Å². The van der Waals surface area contributed by atoms with E-state index in [1.54, 1.807) is 0 Å². The summed E-state index contributed by atoms with van der Waals surface area (Å²) in [4.78, 5) is 10.9. The molecular formula is C5H9Cl2NO5S2. The highest BCUT2D eigenvalue weighted by atomic mass is 35.5. The molecule has 0 aromatic carbocycles. The molecular weight excluding hydrogens is 289 g/mol. The van der Waals surface area contributed by atoms with Gasteiger partial charge in [0.25, 0.3) is 10.1 Å². The second-order valence-electron chi connectivity index (χ2n) is 2.93. The van der Waals surface area contributed by atoms with Gasteiger partial charge in [-0.3, -0.25) is 4.79 Å². The number of hydrogen-bond acceptors (Lipinski definition) is 5. The minimum absolute atomic E-state index is 0.575. The summed E-state index contributed by atoms with van der Waals surface area (Å²) in [7, 11) is -8.30. The van der Waals surface area contributed by atoms with Gasteiger partial charge in [-0.05, 0) is 0 Å². The molecule has 0 radical (unpaired) electrons. The number of primary amides is 1. The van der Waals surface area contributed by atoms with Crippen molar-refractivity contribution in [2.45, 2.75) is 8.92 Å². The number of nitrogens with two attached hydrogens (primary N) is 1. The molecule has 0 bridgehead atoms. The molecule has 6 nitrogen and oxygen atoms in total. The smallest absolute Gasteiger partial charge is 0.256 e. The Kier molecular flexibility index (Phi) is 4.06. The molecule has 0 aliphatic rings. The van der Waals surface area contributed by atoms with Gasteiger partial charge in [-0.2, -0.15) is 0 Å².